The van der Waals surface area contributed by atoms with Gasteiger partial charge in [-0.25, -0.2) is 9.59 Å². The van der Waals surface area contributed by atoms with E-state index in [2.05, 4.69) is 0 Å². The van der Waals surface area contributed by atoms with Crippen LogP contribution in [0.5, 0.6) is 0 Å². The molecule has 116 valence electrons. The highest BCUT2D eigenvalue weighted by molar-refractivity contribution is 5.83. The van der Waals surface area contributed by atoms with E-state index in [1.807, 2.05) is 13.8 Å². The predicted octanol–water partition coefficient (Wildman–Crippen LogP) is 1.79. The molecule has 1 aliphatic rings. The van der Waals surface area contributed by atoms with Crippen molar-refractivity contribution in [3.8, 4) is 0 Å². The van der Waals surface area contributed by atoms with Gasteiger partial charge in [0.2, 0.25) is 0 Å². The number of urea groups is 1. The number of carboxylic acids is 1. The van der Waals surface area contributed by atoms with E-state index in [9.17, 15) is 14.7 Å². The number of methoxy groups -OCH3 is 1. The first-order valence-corrected chi connectivity index (χ1v) is 7.28. The molecule has 1 unspecified atom stereocenters. The van der Waals surface area contributed by atoms with Crippen molar-refractivity contribution in [3.05, 3.63) is 0 Å². The van der Waals surface area contributed by atoms with E-state index >= 15 is 0 Å². The molecule has 6 heteroatoms. The fourth-order valence-electron chi connectivity index (χ4n) is 2.52. The molecular weight excluding hydrogens is 260 g/mol. The largest absolute Gasteiger partial charge is 0.480 e. The number of ether oxygens (including phenoxy) is 1. The quantitative estimate of drug-likeness (QED) is 0.836. The molecule has 1 saturated heterocycles. The molecule has 0 aromatic rings. The summed E-state index contributed by atoms with van der Waals surface area (Å²) in [5.41, 5.74) is 0. The van der Waals surface area contributed by atoms with Crippen molar-refractivity contribution in [2.75, 3.05) is 26.8 Å². The highest BCUT2D eigenvalue weighted by atomic mass is 16.5. The van der Waals surface area contributed by atoms with Crippen LogP contribution < -0.4 is 0 Å². The molecule has 0 aromatic carbocycles. The number of aliphatic carboxylic acids is 1. The van der Waals surface area contributed by atoms with Gasteiger partial charge in [-0.05, 0) is 26.7 Å². The Morgan fingerprint density at radius 1 is 1.35 bits per heavy atom. The number of carbonyl (C=O) groups excluding carboxylic acids is 1. The van der Waals surface area contributed by atoms with Crippen LogP contribution in [0.25, 0.3) is 0 Å². The second-order valence-electron chi connectivity index (χ2n) is 5.46. The second-order valence-corrected chi connectivity index (χ2v) is 5.46. The van der Waals surface area contributed by atoms with Gasteiger partial charge in [0.15, 0.2) is 0 Å². The Morgan fingerprint density at radius 2 is 2.05 bits per heavy atom. The van der Waals surface area contributed by atoms with Crippen molar-refractivity contribution in [1.29, 1.82) is 0 Å². The number of hydrogen-bond donors (Lipinski definition) is 1. The predicted molar refractivity (Wildman–Crippen MR) is 75.7 cm³/mol. The maximum Gasteiger partial charge on any atom is 0.326 e. The highest BCUT2D eigenvalue weighted by Crippen LogP contribution is 2.19. The van der Waals surface area contributed by atoms with Crippen LogP contribution in [0.2, 0.25) is 0 Å². The van der Waals surface area contributed by atoms with Crippen molar-refractivity contribution in [2.24, 2.45) is 0 Å². The average molecular weight is 286 g/mol. The molecule has 20 heavy (non-hydrogen) atoms. The first-order valence-electron chi connectivity index (χ1n) is 7.28. The topological polar surface area (TPSA) is 70.1 Å². The summed E-state index contributed by atoms with van der Waals surface area (Å²) >= 11 is 0. The lowest BCUT2D eigenvalue weighted by atomic mass is 10.1. The van der Waals surface area contributed by atoms with Gasteiger partial charge in [0.1, 0.15) is 6.04 Å². The van der Waals surface area contributed by atoms with E-state index in [0.29, 0.717) is 26.1 Å². The number of carboxylic acid groups (broad SMARTS) is 1. The fourth-order valence-corrected chi connectivity index (χ4v) is 2.52. The summed E-state index contributed by atoms with van der Waals surface area (Å²) in [6.45, 7) is 5.32. The minimum Gasteiger partial charge on any atom is -0.480 e. The van der Waals surface area contributed by atoms with Crippen molar-refractivity contribution >= 4 is 12.0 Å². The van der Waals surface area contributed by atoms with Gasteiger partial charge >= 0.3 is 12.0 Å². The lowest BCUT2D eigenvalue weighted by Gasteiger charge is -2.35. The number of rotatable bonds is 5. The zero-order valence-electron chi connectivity index (χ0n) is 12.7. The third kappa shape index (κ3) is 4.37. The SMILES string of the molecule is COCCN(C(=O)N1CCCCCC1C(=O)O)C(C)C. The maximum absolute atomic E-state index is 12.6. The number of carbonyl (C=O) groups is 2. The molecular formula is C14H26N2O4. The van der Waals surface area contributed by atoms with Gasteiger partial charge < -0.3 is 19.6 Å². The zero-order chi connectivity index (χ0) is 15.1. The summed E-state index contributed by atoms with van der Waals surface area (Å²) in [7, 11) is 1.59. The second kappa shape index (κ2) is 8.09. The molecule has 1 fully saturated rings. The van der Waals surface area contributed by atoms with Crippen LogP contribution in [0.3, 0.4) is 0 Å². The van der Waals surface area contributed by atoms with Gasteiger partial charge in [0.05, 0.1) is 6.61 Å². The van der Waals surface area contributed by atoms with Gasteiger partial charge in [0.25, 0.3) is 0 Å². The Labute approximate surface area is 120 Å². The third-order valence-corrected chi connectivity index (χ3v) is 3.69. The maximum atomic E-state index is 12.6. The fraction of sp³-hybridized carbons (Fsp3) is 0.857. The minimum atomic E-state index is -0.907. The molecule has 0 spiro atoms. The molecule has 1 N–H and O–H groups in total. The number of nitrogens with zero attached hydrogens (tertiary/aromatic N) is 2. The van der Waals surface area contributed by atoms with E-state index in [-0.39, 0.29) is 12.1 Å². The zero-order valence-corrected chi connectivity index (χ0v) is 12.7. The van der Waals surface area contributed by atoms with Crippen molar-refractivity contribution in [2.45, 2.75) is 51.6 Å². The van der Waals surface area contributed by atoms with Gasteiger partial charge in [-0.3, -0.25) is 0 Å². The minimum absolute atomic E-state index is 0.0235. The molecule has 6 nitrogen and oxygen atoms in total. The third-order valence-electron chi connectivity index (χ3n) is 3.69. The lowest BCUT2D eigenvalue weighted by Crippen LogP contribution is -2.53. The van der Waals surface area contributed by atoms with E-state index in [0.717, 1.165) is 19.3 Å². The van der Waals surface area contributed by atoms with Crippen LogP contribution >= 0.6 is 0 Å². The molecule has 0 radical (unpaired) electrons. The molecule has 0 saturated carbocycles. The Bertz CT molecular complexity index is 333. The van der Waals surface area contributed by atoms with Crippen LogP contribution in [0.15, 0.2) is 0 Å². The van der Waals surface area contributed by atoms with E-state index in [1.165, 1.54) is 4.90 Å². The smallest absolute Gasteiger partial charge is 0.326 e. The van der Waals surface area contributed by atoms with Gasteiger partial charge in [-0.1, -0.05) is 12.8 Å². The van der Waals surface area contributed by atoms with Crippen molar-refractivity contribution < 1.29 is 19.4 Å². The van der Waals surface area contributed by atoms with Crippen LogP contribution in [0.4, 0.5) is 4.79 Å². The van der Waals surface area contributed by atoms with Gasteiger partial charge in [-0.2, -0.15) is 0 Å². The van der Waals surface area contributed by atoms with E-state index in [4.69, 9.17) is 4.74 Å². The standard InChI is InChI=1S/C14H26N2O4/c1-11(2)15(9-10-20-3)14(19)16-8-6-4-5-7-12(16)13(17)18/h11-12H,4-10H2,1-3H3,(H,17,18). The molecule has 1 atom stereocenters. The van der Waals surface area contributed by atoms with Crippen LogP contribution in [0, 0.1) is 0 Å². The number of likely N-dealkylation sites (tertiary alicyclic amines) is 1. The first-order chi connectivity index (χ1) is 9.49. The van der Waals surface area contributed by atoms with Crippen LogP contribution in [-0.2, 0) is 9.53 Å². The lowest BCUT2D eigenvalue weighted by molar-refractivity contribution is -0.142. The summed E-state index contributed by atoms with van der Waals surface area (Å²) in [5, 5.41) is 9.34. The Balaban J connectivity index is 2.84. The Hall–Kier alpha value is -1.30. The number of amides is 2. The normalized spacial score (nSPS) is 19.8. The summed E-state index contributed by atoms with van der Waals surface area (Å²) in [6, 6.07) is -0.865. The summed E-state index contributed by atoms with van der Waals surface area (Å²) in [4.78, 5) is 27.2. The highest BCUT2D eigenvalue weighted by Gasteiger charge is 2.33. The molecule has 0 aliphatic carbocycles. The van der Waals surface area contributed by atoms with E-state index in [1.54, 1.807) is 12.0 Å². The Kier molecular flexibility index (Phi) is 6.78. The molecule has 1 heterocycles. The molecule has 1 aliphatic heterocycles. The summed E-state index contributed by atoms with van der Waals surface area (Å²) < 4.78 is 5.03. The van der Waals surface area contributed by atoms with Crippen LogP contribution in [0.1, 0.15) is 39.5 Å². The first kappa shape index (κ1) is 16.8. The summed E-state index contributed by atoms with van der Waals surface area (Å²) in [6.07, 6.45) is 3.25. The molecule has 0 aromatic heterocycles. The van der Waals surface area contributed by atoms with Crippen molar-refractivity contribution in [3.63, 3.8) is 0 Å². The monoisotopic (exact) mass is 286 g/mol. The van der Waals surface area contributed by atoms with Gasteiger partial charge in [0, 0.05) is 26.2 Å². The van der Waals surface area contributed by atoms with E-state index < -0.39 is 12.0 Å². The van der Waals surface area contributed by atoms with Crippen molar-refractivity contribution in [1.82, 2.24) is 9.80 Å². The number of hydrogen-bond acceptors (Lipinski definition) is 3. The summed E-state index contributed by atoms with van der Waals surface area (Å²) in [5.74, 6) is -0.907. The van der Waals surface area contributed by atoms with Gasteiger partial charge in [-0.15, -0.1) is 0 Å². The molecule has 0 bridgehead atoms. The Morgan fingerprint density at radius 3 is 2.60 bits per heavy atom. The average Bonchev–Trinajstić information content (AvgIpc) is 2.63. The molecule has 1 rings (SSSR count). The molecule has 2 amide bonds. The van der Waals surface area contributed by atoms with Crippen LogP contribution in [-0.4, -0.2) is 65.8 Å².